The lowest BCUT2D eigenvalue weighted by Gasteiger charge is -2.10. The van der Waals surface area contributed by atoms with Crippen molar-refractivity contribution in [3.05, 3.63) is 98.0 Å². The van der Waals surface area contributed by atoms with Crippen molar-refractivity contribution in [3.8, 4) is 5.69 Å². The summed E-state index contributed by atoms with van der Waals surface area (Å²) in [7, 11) is 0. The van der Waals surface area contributed by atoms with Crippen LogP contribution in [-0.2, 0) is 12.8 Å². The van der Waals surface area contributed by atoms with E-state index in [2.05, 4.69) is 4.98 Å². The number of aryl methyl sites for hydroxylation is 2. The number of carbonyl (C=O) groups excluding carboxylic acids is 1. The number of thiazole rings is 1. The van der Waals surface area contributed by atoms with Crippen LogP contribution in [0.2, 0.25) is 0 Å². The molecule has 0 aliphatic rings. The molecule has 3 aromatic carbocycles. The van der Waals surface area contributed by atoms with Crippen molar-refractivity contribution in [2.24, 2.45) is 5.73 Å². The lowest BCUT2D eigenvalue weighted by Crippen LogP contribution is -2.12. The third-order valence-corrected chi connectivity index (χ3v) is 6.73. The molecule has 35 heavy (non-hydrogen) atoms. The van der Waals surface area contributed by atoms with E-state index in [0.29, 0.717) is 17.5 Å². The molecule has 0 unspecified atom stereocenters. The SMILES string of the molecule is NC(=O)c1ccc(-n2c3cc(CCc4nccs4)ccc3c3ccc(C(=O)O)cc32)c([N+](=O)[O-])c1. The highest BCUT2D eigenvalue weighted by atomic mass is 32.1. The summed E-state index contributed by atoms with van der Waals surface area (Å²) < 4.78 is 1.67. The minimum atomic E-state index is -1.11. The van der Waals surface area contributed by atoms with Crippen molar-refractivity contribution in [2.75, 3.05) is 0 Å². The summed E-state index contributed by atoms with van der Waals surface area (Å²) in [5, 5.41) is 26.0. The van der Waals surface area contributed by atoms with Crippen molar-refractivity contribution >= 4 is 50.7 Å². The van der Waals surface area contributed by atoms with Gasteiger partial charge in [-0.15, -0.1) is 11.3 Å². The molecule has 0 saturated heterocycles. The second kappa shape index (κ2) is 8.65. The molecule has 5 rings (SSSR count). The van der Waals surface area contributed by atoms with Crippen LogP contribution in [0.15, 0.2) is 66.2 Å². The second-order valence-corrected chi connectivity index (χ2v) is 8.95. The number of primary amides is 1. The topological polar surface area (TPSA) is 141 Å². The van der Waals surface area contributed by atoms with Crippen molar-refractivity contribution in [3.63, 3.8) is 0 Å². The fourth-order valence-electron chi connectivity index (χ4n) is 4.25. The number of nitro benzene ring substituents is 1. The number of carboxylic acid groups (broad SMARTS) is 1. The Labute approximate surface area is 202 Å². The van der Waals surface area contributed by atoms with Gasteiger partial charge in [-0.25, -0.2) is 9.78 Å². The van der Waals surface area contributed by atoms with E-state index >= 15 is 0 Å². The first-order chi connectivity index (χ1) is 16.8. The maximum Gasteiger partial charge on any atom is 0.335 e. The Hall–Kier alpha value is -4.57. The van der Waals surface area contributed by atoms with Gasteiger partial charge in [0.15, 0.2) is 0 Å². The Morgan fingerprint density at radius 1 is 1.00 bits per heavy atom. The van der Waals surface area contributed by atoms with Gasteiger partial charge < -0.3 is 15.4 Å². The molecule has 0 aliphatic heterocycles. The molecule has 0 fully saturated rings. The number of carboxylic acids is 1. The fourth-order valence-corrected chi connectivity index (χ4v) is 4.87. The predicted octanol–water partition coefficient (Wildman–Crippen LogP) is 4.73. The molecule has 5 aromatic rings. The van der Waals surface area contributed by atoms with Crippen LogP contribution in [0.5, 0.6) is 0 Å². The average Bonchev–Trinajstić information content (AvgIpc) is 3.47. The molecule has 1 amide bonds. The van der Waals surface area contributed by atoms with E-state index in [1.54, 1.807) is 28.2 Å². The smallest absolute Gasteiger partial charge is 0.335 e. The van der Waals surface area contributed by atoms with Crippen LogP contribution in [0.25, 0.3) is 27.5 Å². The van der Waals surface area contributed by atoms with E-state index in [-0.39, 0.29) is 22.5 Å². The normalized spacial score (nSPS) is 11.2. The number of fused-ring (bicyclic) bond motifs is 3. The quantitative estimate of drug-likeness (QED) is 0.252. The minimum absolute atomic E-state index is 0.0107. The van der Waals surface area contributed by atoms with Crippen LogP contribution in [0.1, 0.15) is 31.3 Å². The third kappa shape index (κ3) is 4.00. The highest BCUT2D eigenvalue weighted by Crippen LogP contribution is 2.36. The number of amides is 1. The van der Waals surface area contributed by atoms with Gasteiger partial charge in [-0.1, -0.05) is 18.2 Å². The molecule has 10 heteroatoms. The number of benzene rings is 3. The van der Waals surface area contributed by atoms with E-state index in [9.17, 15) is 24.8 Å². The first-order valence-corrected chi connectivity index (χ1v) is 11.5. The summed E-state index contributed by atoms with van der Waals surface area (Å²) in [6.45, 7) is 0. The first kappa shape index (κ1) is 22.2. The Kier molecular flexibility index (Phi) is 5.50. The van der Waals surface area contributed by atoms with Crippen LogP contribution in [-0.4, -0.2) is 31.5 Å². The number of aromatic nitrogens is 2. The average molecular weight is 487 g/mol. The van der Waals surface area contributed by atoms with Crippen molar-refractivity contribution in [2.45, 2.75) is 12.8 Å². The summed E-state index contributed by atoms with van der Waals surface area (Å²) >= 11 is 1.58. The first-order valence-electron chi connectivity index (χ1n) is 10.6. The number of nitrogens with two attached hydrogens (primary N) is 1. The van der Waals surface area contributed by atoms with Gasteiger partial charge in [-0.3, -0.25) is 14.9 Å². The standard InChI is InChI=1S/C25H18N4O5S/c26-24(30)15-4-7-19(22(12-15)29(33)34)28-20-11-14(2-8-23-27-9-10-35-23)1-5-17(20)18-6-3-16(25(31)32)13-21(18)28/h1,3-7,9-13H,2,8H2,(H2,26,30)(H,31,32). The summed E-state index contributed by atoms with van der Waals surface area (Å²) in [5.41, 5.74) is 7.51. The van der Waals surface area contributed by atoms with Gasteiger partial charge in [0.2, 0.25) is 5.91 Å². The van der Waals surface area contributed by atoms with E-state index in [1.807, 2.05) is 23.6 Å². The number of hydrogen-bond acceptors (Lipinski definition) is 6. The summed E-state index contributed by atoms with van der Waals surface area (Å²) in [5.74, 6) is -1.88. The van der Waals surface area contributed by atoms with Crippen molar-refractivity contribution < 1.29 is 19.6 Å². The van der Waals surface area contributed by atoms with Crippen molar-refractivity contribution in [1.82, 2.24) is 9.55 Å². The Balaban J connectivity index is 1.78. The maximum atomic E-state index is 12.0. The second-order valence-electron chi connectivity index (χ2n) is 7.97. The van der Waals surface area contributed by atoms with Crippen LogP contribution in [0.4, 0.5) is 5.69 Å². The van der Waals surface area contributed by atoms with Gasteiger partial charge in [-0.05, 0) is 42.3 Å². The number of carbonyl (C=O) groups is 2. The molecule has 174 valence electrons. The summed E-state index contributed by atoms with van der Waals surface area (Å²) in [4.78, 5) is 39.1. The molecule has 2 heterocycles. The molecular formula is C25H18N4O5S. The van der Waals surface area contributed by atoms with E-state index in [0.717, 1.165) is 33.8 Å². The van der Waals surface area contributed by atoms with Crippen LogP contribution < -0.4 is 5.73 Å². The number of nitrogens with zero attached hydrogens (tertiary/aromatic N) is 3. The highest BCUT2D eigenvalue weighted by molar-refractivity contribution is 7.09. The number of hydrogen-bond donors (Lipinski definition) is 2. The lowest BCUT2D eigenvalue weighted by atomic mass is 10.1. The fraction of sp³-hybridized carbons (Fsp3) is 0.0800. The molecule has 0 aliphatic carbocycles. The molecule has 0 radical (unpaired) electrons. The molecular weight excluding hydrogens is 468 g/mol. The Morgan fingerprint density at radius 3 is 2.37 bits per heavy atom. The van der Waals surface area contributed by atoms with E-state index < -0.39 is 16.8 Å². The molecule has 3 N–H and O–H groups in total. The highest BCUT2D eigenvalue weighted by Gasteiger charge is 2.23. The van der Waals surface area contributed by atoms with Gasteiger partial charge in [0, 0.05) is 40.4 Å². The number of nitro groups is 1. The summed E-state index contributed by atoms with van der Waals surface area (Å²) in [6.07, 6.45) is 3.23. The zero-order chi connectivity index (χ0) is 24.7. The van der Waals surface area contributed by atoms with Gasteiger partial charge in [0.1, 0.15) is 5.69 Å². The zero-order valence-electron chi connectivity index (χ0n) is 18.2. The van der Waals surface area contributed by atoms with Crippen molar-refractivity contribution in [1.29, 1.82) is 0 Å². The summed E-state index contributed by atoms with van der Waals surface area (Å²) in [6, 6.07) is 14.6. The van der Waals surface area contributed by atoms with Gasteiger partial charge in [0.25, 0.3) is 5.69 Å². The molecule has 0 spiro atoms. The molecule has 0 bridgehead atoms. The van der Waals surface area contributed by atoms with Crippen LogP contribution >= 0.6 is 11.3 Å². The number of rotatable bonds is 7. The maximum absolute atomic E-state index is 12.0. The third-order valence-electron chi connectivity index (χ3n) is 5.89. The van der Waals surface area contributed by atoms with Crippen LogP contribution in [0.3, 0.4) is 0 Å². The molecule has 0 saturated carbocycles. The van der Waals surface area contributed by atoms with Crippen LogP contribution in [0, 0.1) is 10.1 Å². The Morgan fingerprint density at radius 2 is 1.71 bits per heavy atom. The number of aromatic carboxylic acids is 1. The van der Waals surface area contributed by atoms with Gasteiger partial charge in [0.05, 0.1) is 26.5 Å². The largest absolute Gasteiger partial charge is 0.478 e. The van der Waals surface area contributed by atoms with Gasteiger partial charge >= 0.3 is 5.97 Å². The molecule has 0 atom stereocenters. The lowest BCUT2D eigenvalue weighted by molar-refractivity contribution is -0.384. The monoisotopic (exact) mass is 486 g/mol. The van der Waals surface area contributed by atoms with E-state index in [4.69, 9.17) is 5.73 Å². The zero-order valence-corrected chi connectivity index (χ0v) is 19.0. The predicted molar refractivity (Wildman–Crippen MR) is 132 cm³/mol. The van der Waals surface area contributed by atoms with E-state index in [1.165, 1.54) is 24.3 Å². The Bertz CT molecular complexity index is 1640. The van der Waals surface area contributed by atoms with Gasteiger partial charge in [-0.2, -0.15) is 0 Å². The minimum Gasteiger partial charge on any atom is -0.478 e. The molecule has 9 nitrogen and oxygen atoms in total. The molecule has 2 aromatic heterocycles.